The zero-order valence-electron chi connectivity index (χ0n) is 13.6. The van der Waals surface area contributed by atoms with E-state index in [0.717, 1.165) is 16.7 Å². The fourth-order valence-electron chi connectivity index (χ4n) is 2.78. The van der Waals surface area contributed by atoms with Crippen LogP contribution in [0.1, 0.15) is 22.8 Å². The lowest BCUT2D eigenvalue weighted by Crippen LogP contribution is -2.41. The first-order chi connectivity index (χ1) is 11.6. The van der Waals surface area contributed by atoms with Gasteiger partial charge in [-0.15, -0.1) is 0 Å². The maximum atomic E-state index is 13.0. The van der Waals surface area contributed by atoms with E-state index >= 15 is 0 Å². The van der Waals surface area contributed by atoms with Gasteiger partial charge in [-0.25, -0.2) is 4.39 Å². The lowest BCUT2D eigenvalue weighted by molar-refractivity contribution is -0.133. The van der Waals surface area contributed by atoms with E-state index in [9.17, 15) is 9.18 Å². The fraction of sp³-hybridized carbons (Fsp3) is 0.250. The molecule has 1 atom stereocenters. The second-order valence-corrected chi connectivity index (χ2v) is 5.94. The number of hydrogen-bond acceptors (Lipinski definition) is 2. The van der Waals surface area contributed by atoms with Crippen LogP contribution < -0.4 is 0 Å². The van der Waals surface area contributed by atoms with Gasteiger partial charge in [0, 0.05) is 12.6 Å². The monoisotopic (exact) mass is 325 g/mol. The smallest absolute Gasteiger partial charge is 0.246 e. The Labute approximate surface area is 141 Å². The normalized spacial score (nSPS) is 18.1. The van der Waals surface area contributed by atoms with E-state index in [-0.39, 0.29) is 17.8 Å². The van der Waals surface area contributed by atoms with E-state index in [1.54, 1.807) is 23.1 Å². The second kappa shape index (κ2) is 7.41. The minimum absolute atomic E-state index is 0.0353. The van der Waals surface area contributed by atoms with Crippen molar-refractivity contribution in [3.63, 3.8) is 0 Å². The number of carbonyl (C=O) groups is 1. The van der Waals surface area contributed by atoms with Gasteiger partial charge < -0.3 is 9.64 Å². The number of amides is 1. The molecule has 0 saturated carbocycles. The number of benzene rings is 2. The molecule has 0 radical (unpaired) electrons. The molecule has 0 aromatic heterocycles. The molecule has 124 valence electrons. The highest BCUT2D eigenvalue weighted by Crippen LogP contribution is 2.22. The van der Waals surface area contributed by atoms with Crippen molar-refractivity contribution in [1.29, 1.82) is 0 Å². The summed E-state index contributed by atoms with van der Waals surface area (Å²) in [5, 5.41) is 0. The highest BCUT2D eigenvalue weighted by molar-refractivity contribution is 5.91. The Kier molecular flexibility index (Phi) is 5.06. The van der Waals surface area contributed by atoms with Crippen molar-refractivity contribution in [3.8, 4) is 0 Å². The highest BCUT2D eigenvalue weighted by Gasteiger charge is 2.24. The molecule has 0 N–H and O–H groups in total. The molecule has 1 unspecified atom stereocenters. The van der Waals surface area contributed by atoms with Gasteiger partial charge in [0.15, 0.2) is 0 Å². The summed E-state index contributed by atoms with van der Waals surface area (Å²) in [5.41, 5.74) is 3.05. The lowest BCUT2D eigenvalue weighted by Gasteiger charge is -2.32. The second-order valence-electron chi connectivity index (χ2n) is 5.94. The molecule has 1 heterocycles. The summed E-state index contributed by atoms with van der Waals surface area (Å²) in [6.45, 7) is 3.54. The number of nitrogens with zero attached hydrogens (tertiary/aromatic N) is 1. The van der Waals surface area contributed by atoms with Gasteiger partial charge in [0.1, 0.15) is 11.9 Å². The van der Waals surface area contributed by atoms with Crippen LogP contribution in [0.25, 0.3) is 6.08 Å². The van der Waals surface area contributed by atoms with Crippen LogP contribution in [0.3, 0.4) is 0 Å². The van der Waals surface area contributed by atoms with Crippen molar-refractivity contribution >= 4 is 12.0 Å². The summed E-state index contributed by atoms with van der Waals surface area (Å²) in [6.07, 6.45) is 3.22. The molecule has 1 fully saturated rings. The molecule has 1 saturated heterocycles. The molecular formula is C20H20FNO2. The summed E-state index contributed by atoms with van der Waals surface area (Å²) >= 11 is 0. The first-order valence-corrected chi connectivity index (χ1v) is 8.02. The van der Waals surface area contributed by atoms with Gasteiger partial charge in [0.25, 0.3) is 0 Å². The van der Waals surface area contributed by atoms with Crippen LogP contribution in [0.5, 0.6) is 0 Å². The van der Waals surface area contributed by atoms with Crippen LogP contribution in [-0.4, -0.2) is 30.5 Å². The van der Waals surface area contributed by atoms with E-state index in [2.05, 4.69) is 0 Å². The average Bonchev–Trinajstić information content (AvgIpc) is 2.60. The Morgan fingerprint density at radius 3 is 2.79 bits per heavy atom. The summed E-state index contributed by atoms with van der Waals surface area (Å²) in [5.74, 6) is -0.310. The van der Waals surface area contributed by atoms with Crippen LogP contribution in [0, 0.1) is 12.7 Å². The summed E-state index contributed by atoms with van der Waals surface area (Å²) in [6, 6.07) is 14.2. The average molecular weight is 325 g/mol. The Bertz CT molecular complexity index is 740. The van der Waals surface area contributed by atoms with Crippen molar-refractivity contribution in [1.82, 2.24) is 4.90 Å². The first kappa shape index (κ1) is 16.4. The van der Waals surface area contributed by atoms with E-state index in [1.807, 2.05) is 37.3 Å². The molecule has 2 aromatic carbocycles. The van der Waals surface area contributed by atoms with E-state index in [0.29, 0.717) is 19.7 Å². The maximum absolute atomic E-state index is 13.0. The first-order valence-electron chi connectivity index (χ1n) is 8.02. The van der Waals surface area contributed by atoms with Crippen molar-refractivity contribution in [2.24, 2.45) is 0 Å². The molecule has 24 heavy (non-hydrogen) atoms. The molecule has 3 rings (SSSR count). The van der Waals surface area contributed by atoms with Crippen molar-refractivity contribution in [3.05, 3.63) is 77.1 Å². The SMILES string of the molecule is Cc1cccc(/C=C/C(=O)N2CCOC(c3ccc(F)cc3)C2)c1. The third kappa shape index (κ3) is 4.09. The number of morpholine rings is 1. The van der Waals surface area contributed by atoms with Crippen LogP contribution in [-0.2, 0) is 9.53 Å². The fourth-order valence-corrected chi connectivity index (χ4v) is 2.78. The molecule has 0 aliphatic carbocycles. The Morgan fingerprint density at radius 2 is 2.04 bits per heavy atom. The zero-order valence-corrected chi connectivity index (χ0v) is 13.6. The van der Waals surface area contributed by atoms with E-state index in [1.165, 1.54) is 12.1 Å². The van der Waals surface area contributed by atoms with Gasteiger partial charge in [0.2, 0.25) is 5.91 Å². The van der Waals surface area contributed by atoms with Crippen LogP contribution in [0.2, 0.25) is 0 Å². The molecule has 3 nitrogen and oxygen atoms in total. The Balaban J connectivity index is 1.65. The topological polar surface area (TPSA) is 29.5 Å². The van der Waals surface area contributed by atoms with Crippen molar-refractivity contribution in [2.45, 2.75) is 13.0 Å². The summed E-state index contributed by atoms with van der Waals surface area (Å²) in [4.78, 5) is 14.2. The minimum atomic E-state index is -0.274. The molecule has 0 spiro atoms. The summed E-state index contributed by atoms with van der Waals surface area (Å²) in [7, 11) is 0. The number of halogens is 1. The number of rotatable bonds is 3. The van der Waals surface area contributed by atoms with Gasteiger partial charge >= 0.3 is 0 Å². The molecule has 1 aliphatic rings. The standard InChI is InChI=1S/C20H20FNO2/c1-15-3-2-4-16(13-15)5-10-20(23)22-11-12-24-19(14-22)17-6-8-18(21)9-7-17/h2-10,13,19H,11-12,14H2,1H3/b10-5+. The number of hydrogen-bond donors (Lipinski definition) is 0. The predicted molar refractivity (Wildman–Crippen MR) is 91.9 cm³/mol. The Hall–Kier alpha value is -2.46. The van der Waals surface area contributed by atoms with Crippen molar-refractivity contribution in [2.75, 3.05) is 19.7 Å². The Morgan fingerprint density at radius 1 is 1.25 bits per heavy atom. The molecule has 1 amide bonds. The summed E-state index contributed by atoms with van der Waals surface area (Å²) < 4.78 is 18.8. The molecule has 4 heteroatoms. The van der Waals surface area contributed by atoms with Gasteiger partial charge in [-0.05, 0) is 36.3 Å². The number of aryl methyl sites for hydroxylation is 1. The molecule has 1 aliphatic heterocycles. The van der Waals surface area contributed by atoms with E-state index in [4.69, 9.17) is 4.74 Å². The molecular weight excluding hydrogens is 305 g/mol. The third-order valence-corrected chi connectivity index (χ3v) is 4.08. The largest absolute Gasteiger partial charge is 0.370 e. The number of ether oxygens (including phenoxy) is 1. The van der Waals surface area contributed by atoms with Crippen LogP contribution >= 0.6 is 0 Å². The van der Waals surface area contributed by atoms with Gasteiger partial charge in [0.05, 0.1) is 13.2 Å². The third-order valence-electron chi connectivity index (χ3n) is 4.08. The highest BCUT2D eigenvalue weighted by atomic mass is 19.1. The minimum Gasteiger partial charge on any atom is -0.370 e. The molecule has 0 bridgehead atoms. The zero-order chi connectivity index (χ0) is 16.9. The quantitative estimate of drug-likeness (QED) is 0.805. The molecule has 2 aromatic rings. The maximum Gasteiger partial charge on any atom is 0.246 e. The van der Waals surface area contributed by atoms with Crippen LogP contribution in [0.15, 0.2) is 54.6 Å². The predicted octanol–water partition coefficient (Wildman–Crippen LogP) is 3.75. The van der Waals surface area contributed by atoms with Crippen molar-refractivity contribution < 1.29 is 13.9 Å². The van der Waals surface area contributed by atoms with Gasteiger partial charge in [-0.1, -0.05) is 42.0 Å². The number of carbonyl (C=O) groups excluding carboxylic acids is 1. The lowest BCUT2D eigenvalue weighted by atomic mass is 10.1. The van der Waals surface area contributed by atoms with E-state index < -0.39 is 0 Å². The van der Waals surface area contributed by atoms with Crippen LogP contribution in [0.4, 0.5) is 4.39 Å². The van der Waals surface area contributed by atoms with Gasteiger partial charge in [-0.2, -0.15) is 0 Å². The van der Waals surface area contributed by atoms with Gasteiger partial charge in [-0.3, -0.25) is 4.79 Å².